The van der Waals surface area contributed by atoms with Gasteiger partial charge in [0.2, 0.25) is 15.9 Å². The van der Waals surface area contributed by atoms with Crippen molar-refractivity contribution >= 4 is 38.3 Å². The molecule has 5 rings (SSSR count). The van der Waals surface area contributed by atoms with Crippen LogP contribution in [0.4, 0.5) is 0 Å². The van der Waals surface area contributed by atoms with Gasteiger partial charge in [-0.05, 0) is 62.3 Å². The molecule has 0 unspecified atom stereocenters. The zero-order valence-corrected chi connectivity index (χ0v) is 20.5. The Hall–Kier alpha value is -2.23. The molecule has 2 aromatic heterocycles. The van der Waals surface area contributed by atoms with Gasteiger partial charge in [0.1, 0.15) is 5.82 Å². The van der Waals surface area contributed by atoms with Gasteiger partial charge in [-0.3, -0.25) is 4.79 Å². The van der Waals surface area contributed by atoms with Gasteiger partial charge in [0.25, 0.3) is 0 Å². The monoisotopic (exact) mass is 486 g/mol. The summed E-state index contributed by atoms with van der Waals surface area (Å²) in [7, 11) is -3.62. The Balaban J connectivity index is 1.26. The number of aromatic nitrogens is 2. The molecule has 3 aromatic rings. The number of fused-ring (bicyclic) bond motifs is 1. The maximum absolute atomic E-state index is 13.3. The number of hydrogen-bond acceptors (Lipinski definition) is 5. The first-order chi connectivity index (χ1) is 15.9. The summed E-state index contributed by atoms with van der Waals surface area (Å²) in [6, 6.07) is 9.75. The third-order valence-corrected chi connectivity index (χ3v) is 9.78. The lowest BCUT2D eigenvalue weighted by molar-refractivity contribution is -0.126. The van der Waals surface area contributed by atoms with Crippen LogP contribution in [0.1, 0.15) is 55.3 Å². The predicted octanol–water partition coefficient (Wildman–Crippen LogP) is 4.24. The third kappa shape index (κ3) is 4.46. The van der Waals surface area contributed by atoms with Crippen LogP contribution in [-0.2, 0) is 21.4 Å². The summed E-state index contributed by atoms with van der Waals surface area (Å²) in [5.74, 6) is 0.805. The Morgan fingerprint density at radius 1 is 1.15 bits per heavy atom. The van der Waals surface area contributed by atoms with E-state index in [0.29, 0.717) is 38.5 Å². The van der Waals surface area contributed by atoms with Crippen molar-refractivity contribution in [1.82, 2.24) is 19.2 Å². The standard InChI is InChI=1S/C24H30N4O3S2/c1-17-26-22-15-21(8-9-23(22)28(17)19-5-2-3-6-19)33(30,31)27-12-10-18(11-13-27)24(29)25-16-20-7-4-14-32-20/h4,7-9,14-15,18-19H,2-3,5-6,10-13,16H2,1H3,(H,25,29). The van der Waals surface area contributed by atoms with Crippen molar-refractivity contribution in [3.05, 3.63) is 46.4 Å². The lowest BCUT2D eigenvalue weighted by atomic mass is 9.97. The van der Waals surface area contributed by atoms with Crippen LogP contribution in [0.25, 0.3) is 11.0 Å². The van der Waals surface area contributed by atoms with E-state index >= 15 is 0 Å². The number of nitrogens with zero attached hydrogens (tertiary/aromatic N) is 3. The number of aryl methyl sites for hydroxylation is 1. The van der Waals surface area contributed by atoms with E-state index in [2.05, 4.69) is 14.9 Å². The van der Waals surface area contributed by atoms with E-state index < -0.39 is 10.0 Å². The fraction of sp³-hybridized carbons (Fsp3) is 0.500. The number of sulfonamides is 1. The SMILES string of the molecule is Cc1nc2cc(S(=O)(=O)N3CCC(C(=O)NCc4cccs4)CC3)ccc2n1C1CCCC1. The molecule has 1 N–H and O–H groups in total. The molecule has 0 radical (unpaired) electrons. The number of thiophene rings is 1. The fourth-order valence-corrected chi connectivity index (χ4v) is 7.36. The Bertz CT molecular complexity index is 1240. The third-order valence-electron chi connectivity index (χ3n) is 7.01. The van der Waals surface area contributed by atoms with Gasteiger partial charge < -0.3 is 9.88 Å². The molecule has 1 amide bonds. The van der Waals surface area contributed by atoms with Crippen LogP contribution in [0.5, 0.6) is 0 Å². The topological polar surface area (TPSA) is 84.3 Å². The molecule has 9 heteroatoms. The number of rotatable bonds is 6. The van der Waals surface area contributed by atoms with Crippen LogP contribution in [-0.4, -0.2) is 41.3 Å². The van der Waals surface area contributed by atoms with Gasteiger partial charge in [0.15, 0.2) is 0 Å². The molecule has 176 valence electrons. The largest absolute Gasteiger partial charge is 0.351 e. The molecule has 1 aromatic carbocycles. The summed E-state index contributed by atoms with van der Waals surface area (Å²) in [6.45, 7) is 3.24. The summed E-state index contributed by atoms with van der Waals surface area (Å²) in [5, 5.41) is 4.97. The normalized spacial score (nSPS) is 18.8. The lowest BCUT2D eigenvalue weighted by Crippen LogP contribution is -2.42. The number of piperidine rings is 1. The number of hydrogen-bond donors (Lipinski definition) is 1. The van der Waals surface area contributed by atoms with Crippen LogP contribution in [0.3, 0.4) is 0 Å². The van der Waals surface area contributed by atoms with Crippen molar-refractivity contribution < 1.29 is 13.2 Å². The molecule has 1 aliphatic heterocycles. The average Bonchev–Trinajstić information content (AvgIpc) is 3.57. The molecule has 1 aliphatic carbocycles. The summed E-state index contributed by atoms with van der Waals surface area (Å²) in [6.07, 6.45) is 5.85. The van der Waals surface area contributed by atoms with Gasteiger partial charge in [0, 0.05) is 29.9 Å². The van der Waals surface area contributed by atoms with Crippen molar-refractivity contribution in [2.75, 3.05) is 13.1 Å². The van der Waals surface area contributed by atoms with E-state index in [1.807, 2.05) is 30.5 Å². The second-order valence-electron chi connectivity index (χ2n) is 9.09. The van der Waals surface area contributed by atoms with E-state index in [1.54, 1.807) is 23.5 Å². The van der Waals surface area contributed by atoms with Crippen molar-refractivity contribution in [3.8, 4) is 0 Å². The molecule has 0 bridgehead atoms. The Kier molecular flexibility index (Phi) is 6.28. The van der Waals surface area contributed by atoms with E-state index in [9.17, 15) is 13.2 Å². The number of imidazole rings is 1. The highest BCUT2D eigenvalue weighted by Crippen LogP contribution is 2.34. The first-order valence-corrected chi connectivity index (χ1v) is 14.0. The number of carbonyl (C=O) groups excluding carboxylic acids is 1. The highest BCUT2D eigenvalue weighted by Gasteiger charge is 2.32. The summed E-state index contributed by atoms with van der Waals surface area (Å²) < 4.78 is 30.4. The summed E-state index contributed by atoms with van der Waals surface area (Å²) >= 11 is 1.61. The Labute approximate surface area is 198 Å². The van der Waals surface area contributed by atoms with Crippen LogP contribution in [0, 0.1) is 12.8 Å². The Morgan fingerprint density at radius 2 is 1.91 bits per heavy atom. The van der Waals surface area contributed by atoms with E-state index in [0.717, 1.165) is 34.6 Å². The highest BCUT2D eigenvalue weighted by atomic mass is 32.2. The minimum absolute atomic E-state index is 0.00907. The quantitative estimate of drug-likeness (QED) is 0.565. The molecule has 0 spiro atoms. The van der Waals surface area contributed by atoms with Gasteiger partial charge in [-0.15, -0.1) is 11.3 Å². The van der Waals surface area contributed by atoms with Gasteiger partial charge in [0.05, 0.1) is 22.5 Å². The zero-order chi connectivity index (χ0) is 23.0. The Morgan fingerprint density at radius 3 is 2.61 bits per heavy atom. The number of amides is 1. The van der Waals surface area contributed by atoms with Crippen molar-refractivity contribution in [2.24, 2.45) is 5.92 Å². The van der Waals surface area contributed by atoms with E-state index in [4.69, 9.17) is 0 Å². The molecule has 1 saturated heterocycles. The molecule has 7 nitrogen and oxygen atoms in total. The van der Waals surface area contributed by atoms with Crippen LogP contribution < -0.4 is 5.32 Å². The second kappa shape index (κ2) is 9.19. The molecular weight excluding hydrogens is 456 g/mol. The number of benzene rings is 1. The minimum Gasteiger partial charge on any atom is -0.351 e. The van der Waals surface area contributed by atoms with Crippen LogP contribution >= 0.6 is 11.3 Å². The van der Waals surface area contributed by atoms with E-state index in [1.165, 1.54) is 17.1 Å². The molecular formula is C24H30N4O3S2. The van der Waals surface area contributed by atoms with Crippen molar-refractivity contribution in [2.45, 2.75) is 62.9 Å². The fourth-order valence-electron chi connectivity index (χ4n) is 5.22. The smallest absolute Gasteiger partial charge is 0.243 e. The molecule has 3 heterocycles. The first-order valence-electron chi connectivity index (χ1n) is 11.7. The lowest BCUT2D eigenvalue weighted by Gasteiger charge is -2.30. The summed E-state index contributed by atoms with van der Waals surface area (Å²) in [5.41, 5.74) is 1.75. The molecule has 33 heavy (non-hydrogen) atoms. The maximum Gasteiger partial charge on any atom is 0.243 e. The second-order valence-corrected chi connectivity index (χ2v) is 12.1. The maximum atomic E-state index is 13.3. The van der Waals surface area contributed by atoms with Crippen molar-refractivity contribution in [3.63, 3.8) is 0 Å². The molecule has 1 saturated carbocycles. The van der Waals surface area contributed by atoms with Gasteiger partial charge in [-0.1, -0.05) is 18.9 Å². The van der Waals surface area contributed by atoms with Crippen LogP contribution in [0.2, 0.25) is 0 Å². The average molecular weight is 487 g/mol. The van der Waals surface area contributed by atoms with Gasteiger partial charge in [-0.2, -0.15) is 4.31 Å². The van der Waals surface area contributed by atoms with Gasteiger partial charge in [-0.25, -0.2) is 13.4 Å². The molecule has 0 atom stereocenters. The van der Waals surface area contributed by atoms with Crippen LogP contribution in [0.15, 0.2) is 40.6 Å². The highest BCUT2D eigenvalue weighted by molar-refractivity contribution is 7.89. The molecule has 2 fully saturated rings. The van der Waals surface area contributed by atoms with E-state index in [-0.39, 0.29) is 16.7 Å². The zero-order valence-electron chi connectivity index (χ0n) is 18.9. The minimum atomic E-state index is -3.62. The molecule has 2 aliphatic rings. The number of nitrogens with one attached hydrogen (secondary N) is 1. The predicted molar refractivity (Wildman–Crippen MR) is 130 cm³/mol. The number of carbonyl (C=O) groups is 1. The van der Waals surface area contributed by atoms with Crippen molar-refractivity contribution in [1.29, 1.82) is 0 Å². The summed E-state index contributed by atoms with van der Waals surface area (Å²) in [4.78, 5) is 18.6. The first kappa shape index (κ1) is 22.6. The van der Waals surface area contributed by atoms with Gasteiger partial charge >= 0.3 is 0 Å².